The van der Waals surface area contributed by atoms with Crippen molar-refractivity contribution in [3.63, 3.8) is 0 Å². The van der Waals surface area contributed by atoms with E-state index in [1.165, 1.54) is 32.4 Å². The fourth-order valence-electron chi connectivity index (χ4n) is 3.45. The number of rotatable bonds is 3. The van der Waals surface area contributed by atoms with Gasteiger partial charge in [0.25, 0.3) is 0 Å². The number of piperazine rings is 1. The molecular formula is C16H23ClN4. The van der Waals surface area contributed by atoms with Gasteiger partial charge in [0.05, 0.1) is 0 Å². The first kappa shape index (κ1) is 14.8. The predicted molar refractivity (Wildman–Crippen MR) is 87.0 cm³/mol. The Balaban J connectivity index is 1.65. The smallest absolute Gasteiger partial charge is 0.122 e. The van der Waals surface area contributed by atoms with Crippen LogP contribution in [0, 0.1) is 5.41 Å². The predicted octanol–water partition coefficient (Wildman–Crippen LogP) is 2.29. The minimum absolute atomic E-state index is 0.0688. The second-order valence-electron chi connectivity index (χ2n) is 6.14. The van der Waals surface area contributed by atoms with Gasteiger partial charge in [0.2, 0.25) is 0 Å². The molecule has 4 nitrogen and oxygen atoms in total. The third-order valence-corrected chi connectivity index (χ3v) is 5.03. The molecule has 2 aliphatic rings. The molecule has 3 N–H and O–H groups in total. The number of hydrogen-bond acceptors (Lipinski definition) is 3. The third-order valence-electron chi connectivity index (χ3n) is 4.68. The van der Waals surface area contributed by atoms with E-state index in [1.807, 2.05) is 12.1 Å². The summed E-state index contributed by atoms with van der Waals surface area (Å²) in [5, 5.41) is 8.18. The number of amidine groups is 1. The minimum atomic E-state index is 0.0688. The van der Waals surface area contributed by atoms with Crippen molar-refractivity contribution in [3.8, 4) is 0 Å². The van der Waals surface area contributed by atoms with E-state index < -0.39 is 0 Å². The summed E-state index contributed by atoms with van der Waals surface area (Å²) in [4.78, 5) is 5.14. The molecule has 0 spiro atoms. The van der Waals surface area contributed by atoms with Crippen LogP contribution in [0.5, 0.6) is 0 Å². The van der Waals surface area contributed by atoms with Gasteiger partial charge in [-0.1, -0.05) is 30.2 Å². The van der Waals surface area contributed by atoms with E-state index in [9.17, 15) is 0 Å². The number of nitrogen functional groups attached to an aromatic ring is 1. The fraction of sp³-hybridized carbons (Fsp3) is 0.562. The van der Waals surface area contributed by atoms with Gasteiger partial charge in [0, 0.05) is 42.8 Å². The van der Waals surface area contributed by atoms with Gasteiger partial charge in [-0.05, 0) is 31.0 Å². The van der Waals surface area contributed by atoms with E-state index in [1.54, 1.807) is 6.07 Å². The van der Waals surface area contributed by atoms with E-state index in [0.29, 0.717) is 10.6 Å². The van der Waals surface area contributed by atoms with E-state index >= 15 is 0 Å². The summed E-state index contributed by atoms with van der Waals surface area (Å²) in [5.74, 6) is 0.0688. The molecule has 2 fully saturated rings. The van der Waals surface area contributed by atoms with Gasteiger partial charge in [-0.2, -0.15) is 0 Å². The largest absolute Gasteiger partial charge is 0.384 e. The average Bonchev–Trinajstić information content (AvgIpc) is 2.49. The highest BCUT2D eigenvalue weighted by molar-refractivity contribution is 6.31. The van der Waals surface area contributed by atoms with Crippen molar-refractivity contribution in [2.24, 2.45) is 5.73 Å². The molecule has 114 valence electrons. The second kappa shape index (κ2) is 6.34. The standard InChI is InChI=1S/C16H23ClN4/c17-15-9-12(16(18)19)4-5-13(15)10-20-7-8-21-6-2-1-3-14(21)11-20/h4-5,9,14H,1-3,6-8,10-11H2,(H3,18,19). The van der Waals surface area contributed by atoms with Crippen LogP contribution < -0.4 is 5.73 Å². The molecule has 2 heterocycles. The molecule has 0 bridgehead atoms. The summed E-state index contributed by atoms with van der Waals surface area (Å²) in [5.41, 5.74) is 7.32. The number of benzene rings is 1. The van der Waals surface area contributed by atoms with Crippen LogP contribution in [0.25, 0.3) is 0 Å². The van der Waals surface area contributed by atoms with E-state index in [0.717, 1.165) is 31.2 Å². The van der Waals surface area contributed by atoms with Gasteiger partial charge in [-0.15, -0.1) is 0 Å². The molecule has 1 unspecified atom stereocenters. The Bertz CT molecular complexity index is 531. The van der Waals surface area contributed by atoms with E-state index in [2.05, 4.69) is 9.80 Å². The van der Waals surface area contributed by atoms with Gasteiger partial charge in [-0.3, -0.25) is 15.2 Å². The quantitative estimate of drug-likeness (QED) is 0.665. The first-order valence-corrected chi connectivity index (χ1v) is 8.10. The molecule has 0 radical (unpaired) electrons. The number of nitrogens with two attached hydrogens (primary N) is 1. The maximum absolute atomic E-state index is 7.46. The second-order valence-corrected chi connectivity index (χ2v) is 6.55. The van der Waals surface area contributed by atoms with Crippen LogP contribution in [0.4, 0.5) is 0 Å². The first-order valence-electron chi connectivity index (χ1n) is 7.73. The molecule has 0 amide bonds. The molecular weight excluding hydrogens is 284 g/mol. The molecule has 2 aliphatic heterocycles. The molecule has 0 saturated carbocycles. The van der Waals surface area contributed by atoms with Crippen LogP contribution in [0.15, 0.2) is 18.2 Å². The Labute approximate surface area is 131 Å². The van der Waals surface area contributed by atoms with Gasteiger partial charge in [0.1, 0.15) is 5.84 Å². The lowest BCUT2D eigenvalue weighted by atomic mass is 9.99. The number of halogens is 1. The monoisotopic (exact) mass is 306 g/mol. The lowest BCUT2D eigenvalue weighted by Crippen LogP contribution is -2.54. The first-order chi connectivity index (χ1) is 10.1. The van der Waals surface area contributed by atoms with Crippen molar-refractivity contribution >= 4 is 17.4 Å². The Morgan fingerprint density at radius 1 is 1.29 bits per heavy atom. The summed E-state index contributed by atoms with van der Waals surface area (Å²) >= 11 is 6.34. The van der Waals surface area contributed by atoms with Crippen LogP contribution >= 0.6 is 11.6 Å². The van der Waals surface area contributed by atoms with Gasteiger partial charge in [-0.25, -0.2) is 0 Å². The summed E-state index contributed by atoms with van der Waals surface area (Å²) in [6.45, 7) is 5.59. The highest BCUT2D eigenvalue weighted by atomic mass is 35.5. The molecule has 3 rings (SSSR count). The van der Waals surface area contributed by atoms with E-state index in [4.69, 9.17) is 22.7 Å². The minimum Gasteiger partial charge on any atom is -0.384 e. The highest BCUT2D eigenvalue weighted by Gasteiger charge is 2.28. The van der Waals surface area contributed by atoms with Crippen LogP contribution in [-0.2, 0) is 6.54 Å². The highest BCUT2D eigenvalue weighted by Crippen LogP contribution is 2.24. The third kappa shape index (κ3) is 3.39. The lowest BCUT2D eigenvalue weighted by molar-refractivity contribution is 0.0457. The normalized spacial score (nSPS) is 23.8. The summed E-state index contributed by atoms with van der Waals surface area (Å²) in [6.07, 6.45) is 4.05. The van der Waals surface area contributed by atoms with Crippen molar-refractivity contribution in [2.45, 2.75) is 31.8 Å². The van der Waals surface area contributed by atoms with E-state index in [-0.39, 0.29) is 5.84 Å². The number of piperidine rings is 1. The van der Waals surface area contributed by atoms with Crippen molar-refractivity contribution < 1.29 is 0 Å². The van der Waals surface area contributed by atoms with Crippen molar-refractivity contribution in [3.05, 3.63) is 34.3 Å². The van der Waals surface area contributed by atoms with Crippen molar-refractivity contribution in [1.29, 1.82) is 5.41 Å². The Morgan fingerprint density at radius 3 is 2.90 bits per heavy atom. The number of nitrogens with zero attached hydrogens (tertiary/aromatic N) is 2. The summed E-state index contributed by atoms with van der Waals surface area (Å²) in [6, 6.07) is 6.42. The Morgan fingerprint density at radius 2 is 2.14 bits per heavy atom. The molecule has 2 saturated heterocycles. The number of nitrogens with one attached hydrogen (secondary N) is 1. The fourth-order valence-corrected chi connectivity index (χ4v) is 3.69. The lowest BCUT2D eigenvalue weighted by Gasteiger charge is -2.44. The molecule has 1 aromatic rings. The zero-order valence-electron chi connectivity index (χ0n) is 12.3. The number of hydrogen-bond donors (Lipinski definition) is 2. The zero-order valence-corrected chi connectivity index (χ0v) is 13.1. The topological polar surface area (TPSA) is 56.4 Å². The van der Waals surface area contributed by atoms with Gasteiger partial charge < -0.3 is 5.73 Å². The van der Waals surface area contributed by atoms with Gasteiger partial charge in [0.15, 0.2) is 0 Å². The SMILES string of the molecule is N=C(N)c1ccc(CN2CCN3CCCCC3C2)c(Cl)c1. The maximum Gasteiger partial charge on any atom is 0.122 e. The Kier molecular flexibility index (Phi) is 4.48. The summed E-state index contributed by atoms with van der Waals surface area (Å²) in [7, 11) is 0. The molecule has 21 heavy (non-hydrogen) atoms. The molecule has 5 heteroatoms. The molecule has 1 atom stereocenters. The molecule has 0 aliphatic carbocycles. The zero-order chi connectivity index (χ0) is 14.8. The van der Waals surface area contributed by atoms with Crippen molar-refractivity contribution in [2.75, 3.05) is 26.2 Å². The maximum atomic E-state index is 7.46. The van der Waals surface area contributed by atoms with Crippen LogP contribution in [0.2, 0.25) is 5.02 Å². The van der Waals surface area contributed by atoms with Crippen molar-refractivity contribution in [1.82, 2.24) is 9.80 Å². The molecule has 0 aromatic heterocycles. The molecule has 1 aromatic carbocycles. The van der Waals surface area contributed by atoms with Crippen LogP contribution in [0.3, 0.4) is 0 Å². The Hall–Kier alpha value is -1.10. The van der Waals surface area contributed by atoms with Crippen LogP contribution in [0.1, 0.15) is 30.4 Å². The number of fused-ring (bicyclic) bond motifs is 1. The van der Waals surface area contributed by atoms with Gasteiger partial charge >= 0.3 is 0 Å². The van der Waals surface area contributed by atoms with Crippen LogP contribution in [-0.4, -0.2) is 47.9 Å². The summed E-state index contributed by atoms with van der Waals surface area (Å²) < 4.78 is 0. The average molecular weight is 307 g/mol.